The minimum absolute atomic E-state index is 0.0233. The SMILES string of the molecule is CCC(C)(C)C(=O)CCCC=O.CCC(C)(C)C(O)CCCCO. The second-order valence-electron chi connectivity index (χ2n) is 7.80. The maximum atomic E-state index is 11.5. The number of hydrogen-bond donors (Lipinski definition) is 2. The molecule has 0 amide bonds. The van der Waals surface area contributed by atoms with Gasteiger partial charge in [-0.15, -0.1) is 0 Å². The molecule has 0 aliphatic carbocycles. The highest BCUT2D eigenvalue weighted by atomic mass is 16.3. The van der Waals surface area contributed by atoms with Crippen LogP contribution in [0.4, 0.5) is 0 Å². The van der Waals surface area contributed by atoms with Crippen LogP contribution in [0.25, 0.3) is 0 Å². The maximum absolute atomic E-state index is 11.5. The summed E-state index contributed by atoms with van der Waals surface area (Å²) in [5.41, 5.74) is -0.182. The molecule has 0 aromatic carbocycles. The van der Waals surface area contributed by atoms with Gasteiger partial charge in [-0.2, -0.15) is 0 Å². The Balaban J connectivity index is 0. The van der Waals surface area contributed by atoms with Crippen LogP contribution < -0.4 is 0 Å². The molecule has 1 atom stereocenters. The van der Waals surface area contributed by atoms with Gasteiger partial charge < -0.3 is 15.0 Å². The van der Waals surface area contributed by atoms with E-state index >= 15 is 0 Å². The molecule has 0 radical (unpaired) electrons. The van der Waals surface area contributed by atoms with Gasteiger partial charge in [-0.25, -0.2) is 0 Å². The summed E-state index contributed by atoms with van der Waals surface area (Å²) >= 11 is 0. The van der Waals surface area contributed by atoms with Crippen LogP contribution in [0.2, 0.25) is 0 Å². The lowest BCUT2D eigenvalue weighted by Gasteiger charge is -2.29. The van der Waals surface area contributed by atoms with Gasteiger partial charge in [0.05, 0.1) is 6.10 Å². The molecule has 2 N–H and O–H groups in total. The van der Waals surface area contributed by atoms with E-state index in [4.69, 9.17) is 5.11 Å². The highest BCUT2D eigenvalue weighted by Gasteiger charge is 2.25. The zero-order valence-electron chi connectivity index (χ0n) is 16.7. The van der Waals surface area contributed by atoms with Crippen molar-refractivity contribution in [1.82, 2.24) is 0 Å². The zero-order valence-corrected chi connectivity index (χ0v) is 16.7. The monoisotopic (exact) mass is 344 g/mol. The van der Waals surface area contributed by atoms with E-state index in [1.54, 1.807) is 0 Å². The minimum atomic E-state index is -0.228. The molecule has 0 saturated carbocycles. The van der Waals surface area contributed by atoms with E-state index in [9.17, 15) is 14.7 Å². The fourth-order valence-corrected chi connectivity index (χ4v) is 1.96. The molecular weight excluding hydrogens is 304 g/mol. The summed E-state index contributed by atoms with van der Waals surface area (Å²) in [4.78, 5) is 21.4. The van der Waals surface area contributed by atoms with Gasteiger partial charge >= 0.3 is 0 Å². The van der Waals surface area contributed by atoms with Gasteiger partial charge in [0.25, 0.3) is 0 Å². The van der Waals surface area contributed by atoms with Crippen molar-refractivity contribution in [2.75, 3.05) is 6.61 Å². The Bertz CT molecular complexity index is 335. The van der Waals surface area contributed by atoms with Crippen molar-refractivity contribution in [3.05, 3.63) is 0 Å². The molecule has 0 aliphatic rings. The van der Waals surface area contributed by atoms with Crippen LogP contribution in [0.3, 0.4) is 0 Å². The number of aldehydes is 1. The Labute approximate surface area is 149 Å². The first-order valence-electron chi connectivity index (χ1n) is 9.34. The third kappa shape index (κ3) is 11.7. The van der Waals surface area contributed by atoms with E-state index < -0.39 is 0 Å². The van der Waals surface area contributed by atoms with Crippen molar-refractivity contribution >= 4 is 12.1 Å². The van der Waals surface area contributed by atoms with Crippen LogP contribution in [-0.2, 0) is 9.59 Å². The summed E-state index contributed by atoms with van der Waals surface area (Å²) in [7, 11) is 0. The molecule has 0 rings (SSSR count). The fourth-order valence-electron chi connectivity index (χ4n) is 1.96. The second kappa shape index (κ2) is 13.5. The lowest BCUT2D eigenvalue weighted by molar-refractivity contribution is -0.127. The summed E-state index contributed by atoms with van der Waals surface area (Å²) in [5.74, 6) is 0.270. The van der Waals surface area contributed by atoms with Crippen molar-refractivity contribution in [1.29, 1.82) is 0 Å². The largest absolute Gasteiger partial charge is 0.396 e. The van der Waals surface area contributed by atoms with Crippen LogP contribution in [0.1, 0.15) is 92.9 Å². The standard InChI is InChI=1S/C10H22O2.C10H18O2/c2*1-4-10(2,3)9(12)7-5-6-8-11/h9,11-12H,4-8H2,1-3H3;8H,4-7H2,1-3H3. The molecule has 0 aromatic rings. The highest BCUT2D eigenvalue weighted by Crippen LogP contribution is 2.27. The number of carbonyl (C=O) groups is 2. The van der Waals surface area contributed by atoms with Gasteiger partial charge in [0.2, 0.25) is 0 Å². The average Bonchev–Trinajstić information content (AvgIpc) is 2.55. The molecule has 0 fully saturated rings. The third-order valence-corrected chi connectivity index (χ3v) is 5.06. The van der Waals surface area contributed by atoms with Gasteiger partial charge in [0, 0.05) is 24.9 Å². The van der Waals surface area contributed by atoms with E-state index in [-0.39, 0.29) is 29.3 Å². The number of aliphatic hydroxyl groups is 2. The van der Waals surface area contributed by atoms with Crippen molar-refractivity contribution in [3.8, 4) is 0 Å². The number of unbranched alkanes of at least 4 members (excludes halogenated alkanes) is 2. The number of hydrogen-bond acceptors (Lipinski definition) is 4. The predicted octanol–water partition coefficient (Wildman–Crippen LogP) is 4.31. The third-order valence-electron chi connectivity index (χ3n) is 5.06. The van der Waals surface area contributed by atoms with Crippen molar-refractivity contribution < 1.29 is 19.8 Å². The Kier molecular flexibility index (Phi) is 14.4. The quantitative estimate of drug-likeness (QED) is 0.409. The van der Waals surface area contributed by atoms with Crippen LogP contribution in [-0.4, -0.2) is 35.0 Å². The van der Waals surface area contributed by atoms with Gasteiger partial charge in [-0.1, -0.05) is 41.5 Å². The van der Waals surface area contributed by atoms with Gasteiger partial charge in [-0.3, -0.25) is 4.79 Å². The molecule has 0 saturated heterocycles. The Morgan fingerprint density at radius 1 is 1.04 bits per heavy atom. The van der Waals surface area contributed by atoms with E-state index in [0.29, 0.717) is 19.3 Å². The topological polar surface area (TPSA) is 74.6 Å². The molecule has 0 heterocycles. The number of rotatable bonds is 12. The summed E-state index contributed by atoms with van der Waals surface area (Å²) in [5, 5.41) is 18.3. The molecule has 24 heavy (non-hydrogen) atoms. The molecule has 144 valence electrons. The van der Waals surface area contributed by atoms with Crippen molar-refractivity contribution in [2.24, 2.45) is 10.8 Å². The predicted molar refractivity (Wildman–Crippen MR) is 100 cm³/mol. The molecule has 4 nitrogen and oxygen atoms in total. The number of ketones is 1. The van der Waals surface area contributed by atoms with Gasteiger partial charge in [0.1, 0.15) is 12.1 Å². The summed E-state index contributed by atoms with van der Waals surface area (Å²) in [6, 6.07) is 0. The first-order valence-corrected chi connectivity index (χ1v) is 9.34. The normalized spacial score (nSPS) is 13.0. The van der Waals surface area contributed by atoms with E-state index in [0.717, 1.165) is 38.4 Å². The second-order valence-corrected chi connectivity index (χ2v) is 7.80. The van der Waals surface area contributed by atoms with Crippen LogP contribution >= 0.6 is 0 Å². The van der Waals surface area contributed by atoms with Gasteiger partial charge in [-0.05, 0) is 43.9 Å². The maximum Gasteiger partial charge on any atom is 0.138 e. The summed E-state index contributed by atoms with van der Waals surface area (Å²) in [6.45, 7) is 12.4. The number of carbonyl (C=O) groups excluding carboxylic acids is 2. The zero-order chi connectivity index (χ0) is 19.2. The number of Topliss-reactive ketones (excluding diaryl/α,β-unsaturated/α-hetero) is 1. The molecule has 0 aliphatic heterocycles. The molecule has 0 bridgehead atoms. The minimum Gasteiger partial charge on any atom is -0.396 e. The van der Waals surface area contributed by atoms with Crippen LogP contribution in [0.15, 0.2) is 0 Å². The fraction of sp³-hybridized carbons (Fsp3) is 0.900. The van der Waals surface area contributed by atoms with E-state index in [2.05, 4.69) is 20.8 Å². The van der Waals surface area contributed by atoms with Crippen molar-refractivity contribution in [2.45, 2.75) is 99.0 Å². The molecule has 1 unspecified atom stereocenters. The molecule has 0 spiro atoms. The summed E-state index contributed by atoms with van der Waals surface area (Å²) in [6.07, 6.45) is 6.77. The summed E-state index contributed by atoms with van der Waals surface area (Å²) < 4.78 is 0. The molecule has 0 aromatic heterocycles. The van der Waals surface area contributed by atoms with E-state index in [1.807, 2.05) is 20.8 Å². The molecule has 4 heteroatoms. The number of aliphatic hydroxyl groups excluding tert-OH is 2. The first kappa shape index (κ1) is 25.5. The van der Waals surface area contributed by atoms with E-state index in [1.165, 1.54) is 0 Å². The van der Waals surface area contributed by atoms with Crippen LogP contribution in [0.5, 0.6) is 0 Å². The van der Waals surface area contributed by atoms with Crippen LogP contribution in [0, 0.1) is 10.8 Å². The van der Waals surface area contributed by atoms with Gasteiger partial charge in [0.15, 0.2) is 0 Å². The Morgan fingerprint density at radius 3 is 2.04 bits per heavy atom. The lowest BCUT2D eigenvalue weighted by Crippen LogP contribution is -2.28. The lowest BCUT2D eigenvalue weighted by atomic mass is 9.81. The smallest absolute Gasteiger partial charge is 0.138 e. The average molecular weight is 345 g/mol. The van der Waals surface area contributed by atoms with Crippen molar-refractivity contribution in [3.63, 3.8) is 0 Å². The highest BCUT2D eigenvalue weighted by molar-refractivity contribution is 5.84. The Hall–Kier alpha value is -0.740. The molecular formula is C20H40O4. The Morgan fingerprint density at radius 2 is 1.62 bits per heavy atom. The first-order chi connectivity index (χ1) is 11.1.